The standard InChI is InChI=1S/C34H36ClFN6O2/c1-8-22-12-11-13-26(36)28(22)30-25(35)16-24-32(38-30)42(31-23(9-2)14-15-37-29(31)19(4)5)34(44)39-33(24)41-20(6)17-40(18-21(41)7)27(43)10-3/h8,10-16,19-21H,1,3,9,17-18H2,2,4-7H3/t20-,21-/m0/s1/i1D2,20D. The highest BCUT2D eigenvalue weighted by Gasteiger charge is 2.34. The first-order valence-electron chi connectivity index (χ1n) is 16.0. The average molecular weight is 618 g/mol. The molecular weight excluding hydrogens is 579 g/mol. The van der Waals surface area contributed by atoms with Crippen LogP contribution in [-0.4, -0.2) is 55.5 Å². The summed E-state index contributed by atoms with van der Waals surface area (Å²) < 4.78 is 41.7. The summed E-state index contributed by atoms with van der Waals surface area (Å²) in [7, 11) is 0. The molecule has 0 N–H and O–H groups in total. The zero-order valence-corrected chi connectivity index (χ0v) is 26.1. The summed E-state index contributed by atoms with van der Waals surface area (Å²) >= 11 is 6.90. The van der Waals surface area contributed by atoms with E-state index in [4.69, 9.17) is 19.3 Å². The molecule has 5 rings (SSSR count). The van der Waals surface area contributed by atoms with Crippen molar-refractivity contribution in [3.63, 3.8) is 0 Å². The van der Waals surface area contributed by atoms with Gasteiger partial charge in [0.05, 0.1) is 31.6 Å². The Labute approximate surface area is 265 Å². The number of hydrogen-bond acceptors (Lipinski definition) is 6. The molecule has 10 heteroatoms. The van der Waals surface area contributed by atoms with Crippen molar-refractivity contribution in [1.29, 1.82) is 0 Å². The van der Waals surface area contributed by atoms with Crippen molar-refractivity contribution in [2.24, 2.45) is 0 Å². The van der Waals surface area contributed by atoms with Gasteiger partial charge >= 0.3 is 5.69 Å². The van der Waals surface area contributed by atoms with E-state index in [-0.39, 0.29) is 58.2 Å². The highest BCUT2D eigenvalue weighted by molar-refractivity contribution is 6.34. The molecule has 1 aromatic carbocycles. The van der Waals surface area contributed by atoms with Gasteiger partial charge in [0.1, 0.15) is 11.6 Å². The second-order valence-corrected chi connectivity index (χ2v) is 11.6. The fourth-order valence-electron chi connectivity index (χ4n) is 5.94. The predicted octanol–water partition coefficient (Wildman–Crippen LogP) is 6.58. The summed E-state index contributed by atoms with van der Waals surface area (Å²) in [6.45, 7) is 12.7. The number of anilines is 1. The van der Waals surface area contributed by atoms with E-state index in [2.05, 4.69) is 16.5 Å². The van der Waals surface area contributed by atoms with Crippen LogP contribution >= 0.6 is 11.6 Å². The van der Waals surface area contributed by atoms with Gasteiger partial charge in [0.15, 0.2) is 5.65 Å². The van der Waals surface area contributed by atoms with Gasteiger partial charge in [-0.15, -0.1) is 0 Å². The Bertz CT molecular complexity index is 1990. The number of rotatable bonds is 7. The van der Waals surface area contributed by atoms with Gasteiger partial charge in [-0.25, -0.2) is 18.7 Å². The molecule has 8 nitrogen and oxygen atoms in total. The smallest absolute Gasteiger partial charge is 0.347 e. The van der Waals surface area contributed by atoms with E-state index < -0.39 is 30.1 Å². The maximum atomic E-state index is 15.6. The number of piperazine rings is 1. The molecule has 1 aliphatic heterocycles. The number of halogens is 2. The van der Waals surface area contributed by atoms with Crippen LogP contribution in [0.5, 0.6) is 0 Å². The zero-order valence-electron chi connectivity index (χ0n) is 28.4. The second-order valence-electron chi connectivity index (χ2n) is 11.2. The molecule has 2 atom stereocenters. The lowest BCUT2D eigenvalue weighted by atomic mass is 10.0. The molecule has 1 amide bonds. The molecule has 1 fully saturated rings. The molecule has 228 valence electrons. The van der Waals surface area contributed by atoms with Crippen molar-refractivity contribution in [2.45, 2.75) is 59.0 Å². The van der Waals surface area contributed by atoms with Crippen LogP contribution in [0.1, 0.15) is 61.5 Å². The highest BCUT2D eigenvalue weighted by atomic mass is 35.5. The molecule has 0 bridgehead atoms. The number of amides is 1. The van der Waals surface area contributed by atoms with Crippen LogP contribution < -0.4 is 10.6 Å². The Morgan fingerprint density at radius 2 is 2.05 bits per heavy atom. The summed E-state index contributed by atoms with van der Waals surface area (Å²) in [6.07, 6.45) is 4.65. The normalized spacial score (nSPS) is 19.5. The van der Waals surface area contributed by atoms with Crippen molar-refractivity contribution in [2.75, 3.05) is 18.0 Å². The molecule has 0 radical (unpaired) electrons. The summed E-state index contributed by atoms with van der Waals surface area (Å²) in [6, 6.07) is 5.76. The van der Waals surface area contributed by atoms with Crippen LogP contribution in [0.25, 0.3) is 34.1 Å². The van der Waals surface area contributed by atoms with E-state index in [1.165, 1.54) is 33.8 Å². The molecule has 0 spiro atoms. The number of carbonyl (C=O) groups is 1. The van der Waals surface area contributed by atoms with Gasteiger partial charge in [-0.1, -0.05) is 63.7 Å². The van der Waals surface area contributed by atoms with Crippen LogP contribution in [-0.2, 0) is 11.2 Å². The van der Waals surface area contributed by atoms with Gasteiger partial charge in [0.25, 0.3) is 0 Å². The first kappa shape index (κ1) is 27.2. The van der Waals surface area contributed by atoms with Crippen molar-refractivity contribution in [1.82, 2.24) is 24.4 Å². The molecule has 3 aromatic heterocycles. The van der Waals surface area contributed by atoms with Crippen LogP contribution in [0.3, 0.4) is 0 Å². The molecule has 4 aromatic rings. The predicted molar refractivity (Wildman–Crippen MR) is 175 cm³/mol. The quantitative estimate of drug-likeness (QED) is 0.218. The van der Waals surface area contributed by atoms with Gasteiger partial charge in [-0.05, 0) is 61.6 Å². The third-order valence-corrected chi connectivity index (χ3v) is 8.19. The molecule has 0 aliphatic carbocycles. The Morgan fingerprint density at radius 3 is 2.70 bits per heavy atom. The van der Waals surface area contributed by atoms with Crippen LogP contribution in [0.2, 0.25) is 5.02 Å². The Kier molecular flexibility index (Phi) is 7.62. The summed E-state index contributed by atoms with van der Waals surface area (Å²) in [4.78, 5) is 44.2. The average Bonchev–Trinajstić information content (AvgIpc) is 2.99. The largest absolute Gasteiger partial charge is 0.355 e. The minimum atomic E-state index is -1.42. The SMILES string of the molecule is [2H]C([2H])=Cc1cccc(F)c1-c1nc2c(cc1Cl)c(N1[C@@H](C)CN(C(=O)C=C)C[C@]1([2H])C)nc(=O)n2-c1c(CC)ccnc1C(C)C. The van der Waals surface area contributed by atoms with Crippen molar-refractivity contribution >= 4 is 40.4 Å². The summed E-state index contributed by atoms with van der Waals surface area (Å²) in [5.74, 6) is -0.918. The monoisotopic (exact) mass is 617 g/mol. The number of benzene rings is 1. The lowest BCUT2D eigenvalue weighted by Crippen LogP contribution is -2.58. The van der Waals surface area contributed by atoms with Gasteiger partial charge < -0.3 is 9.80 Å². The third-order valence-electron chi connectivity index (χ3n) is 7.90. The van der Waals surface area contributed by atoms with E-state index in [1.807, 2.05) is 33.8 Å². The van der Waals surface area contributed by atoms with Gasteiger partial charge in [0.2, 0.25) is 5.91 Å². The number of pyridine rings is 2. The van der Waals surface area contributed by atoms with Gasteiger partial charge in [-0.2, -0.15) is 4.98 Å². The van der Waals surface area contributed by atoms with Crippen LogP contribution in [0.15, 0.2) is 60.5 Å². The third kappa shape index (κ3) is 5.30. The van der Waals surface area contributed by atoms with Crippen molar-refractivity contribution in [3.05, 3.63) is 93.9 Å². The van der Waals surface area contributed by atoms with E-state index in [1.54, 1.807) is 30.2 Å². The molecule has 0 saturated carbocycles. The molecule has 0 unspecified atom stereocenters. The first-order chi connectivity index (χ1) is 22.2. The maximum absolute atomic E-state index is 15.6. The Morgan fingerprint density at radius 1 is 1.27 bits per heavy atom. The number of hydrogen-bond donors (Lipinski definition) is 0. The number of fused-ring (bicyclic) bond motifs is 1. The minimum absolute atomic E-state index is 0.00573. The molecular formula is C34H36ClFN6O2. The first-order valence-corrected chi connectivity index (χ1v) is 14.8. The number of aryl methyl sites for hydroxylation is 1. The van der Waals surface area contributed by atoms with Crippen LogP contribution in [0, 0.1) is 5.82 Å². The van der Waals surface area contributed by atoms with E-state index in [0.717, 1.165) is 5.56 Å². The van der Waals surface area contributed by atoms with Crippen molar-refractivity contribution in [3.8, 4) is 16.9 Å². The summed E-state index contributed by atoms with van der Waals surface area (Å²) in [5, 5.41) is 0.371. The lowest BCUT2D eigenvalue weighted by molar-refractivity contribution is -0.127. The maximum Gasteiger partial charge on any atom is 0.355 e. The minimum Gasteiger partial charge on any atom is -0.347 e. The van der Waals surface area contributed by atoms with E-state index in [0.29, 0.717) is 23.2 Å². The lowest BCUT2D eigenvalue weighted by Gasteiger charge is -2.45. The van der Waals surface area contributed by atoms with Crippen LogP contribution in [0.4, 0.5) is 10.2 Å². The number of nitrogens with zero attached hydrogens (tertiary/aromatic N) is 6. The fourth-order valence-corrected chi connectivity index (χ4v) is 6.18. The topological polar surface area (TPSA) is 84.2 Å². The molecule has 44 heavy (non-hydrogen) atoms. The zero-order chi connectivity index (χ0) is 34.4. The Balaban J connectivity index is 1.92. The molecule has 4 heterocycles. The number of aromatic nitrogens is 4. The fraction of sp³-hybridized carbons (Fsp3) is 0.324. The summed E-state index contributed by atoms with van der Waals surface area (Å²) in [5.41, 5.74) is 1.59. The van der Waals surface area contributed by atoms with Gasteiger partial charge in [0, 0.05) is 36.9 Å². The highest BCUT2D eigenvalue weighted by Crippen LogP contribution is 2.38. The van der Waals surface area contributed by atoms with E-state index in [9.17, 15) is 11.0 Å². The van der Waals surface area contributed by atoms with Crippen molar-refractivity contribution < 1.29 is 13.3 Å². The Hall–Kier alpha value is -4.37. The van der Waals surface area contributed by atoms with Gasteiger partial charge in [-0.3, -0.25) is 9.78 Å². The van der Waals surface area contributed by atoms with E-state index >= 15 is 4.39 Å². The number of carbonyl (C=O) groups excluding carboxylic acids is 1. The molecule has 1 aliphatic rings. The second kappa shape index (κ2) is 12.3. The molecule has 1 saturated heterocycles.